The van der Waals surface area contributed by atoms with Crippen LogP contribution in [0, 0.1) is 19.7 Å². The van der Waals surface area contributed by atoms with Gasteiger partial charge in [-0.25, -0.2) is 18.8 Å². The third-order valence-electron chi connectivity index (χ3n) is 11.0. The van der Waals surface area contributed by atoms with Gasteiger partial charge in [-0.15, -0.1) is 0 Å². The minimum Gasteiger partial charge on any atom is -0.478 e. The maximum Gasteiger partial charge on any atom is 0.394 e. The molecule has 0 aliphatic heterocycles. The van der Waals surface area contributed by atoms with Gasteiger partial charge in [-0.2, -0.15) is 8.78 Å². The number of aromatic carboxylic acids is 3. The summed E-state index contributed by atoms with van der Waals surface area (Å²) in [5, 5.41) is 27.8. The molecule has 0 spiro atoms. The van der Waals surface area contributed by atoms with Crippen molar-refractivity contribution in [1.82, 2.24) is 15.0 Å². The summed E-state index contributed by atoms with van der Waals surface area (Å²) in [4.78, 5) is 46.4. The van der Waals surface area contributed by atoms with Gasteiger partial charge in [0.05, 0.1) is 38.8 Å². The van der Waals surface area contributed by atoms with Crippen molar-refractivity contribution in [1.29, 1.82) is 0 Å². The van der Waals surface area contributed by atoms with E-state index in [1.165, 1.54) is 48.3 Å². The minimum absolute atomic E-state index is 0.0906. The molecule has 9 rings (SSSR count). The fourth-order valence-corrected chi connectivity index (χ4v) is 8.17. The van der Waals surface area contributed by atoms with Gasteiger partial charge in [-0.05, 0) is 144 Å². The number of carbonyl (C=O) groups is 3. The Morgan fingerprint density at radius 2 is 1.12 bits per heavy atom. The summed E-state index contributed by atoms with van der Waals surface area (Å²) in [6.07, 6.45) is 9.75. The number of allylic oxidation sites excluding steroid dienone is 3. The summed E-state index contributed by atoms with van der Waals surface area (Å²) in [7, 11) is 0. The normalized spacial score (nSPS) is 13.1. The van der Waals surface area contributed by atoms with Crippen molar-refractivity contribution in [3.05, 3.63) is 198 Å². The number of ether oxygens (including phenoxy) is 1. The standard InChI is InChI=1S/C18H14ClF2NO3.C17H14FNO2.C16H13NO2/c1-18(20,21)25-16-9-10(2-3-14(16)19)6-11-7-13-12(17(23)24)4-5-22-15(13)8-11;1-10-6-11(2-3-15(10)18)7-12-8-14-13(17(20)21)4-5-19-16(14)9-12;1-10-4-2-3-5-12(10)11-8-14-13(16(18)19)6-7-17-15(14)9-11/h2-5,8-9H,6-7H2,1H3,(H,23,24);2-6,9H,7-8H2,1H3,(H,20,21);2-7,9H,8H2,1H3,(H,18,19). The number of aryl methyl sites for hydroxylation is 2. The van der Waals surface area contributed by atoms with Gasteiger partial charge in [-0.1, -0.05) is 65.2 Å². The van der Waals surface area contributed by atoms with Crippen LogP contribution in [0.4, 0.5) is 13.2 Å². The van der Waals surface area contributed by atoms with Gasteiger partial charge in [0.2, 0.25) is 0 Å². The van der Waals surface area contributed by atoms with Crippen LogP contribution in [0.5, 0.6) is 5.75 Å². The summed E-state index contributed by atoms with van der Waals surface area (Å²) in [6, 6.07) is 22.4. The summed E-state index contributed by atoms with van der Waals surface area (Å²) >= 11 is 5.90. The molecule has 3 aliphatic carbocycles. The average molecular weight is 900 g/mol. The van der Waals surface area contributed by atoms with Crippen LogP contribution >= 0.6 is 11.6 Å². The molecule has 0 atom stereocenters. The van der Waals surface area contributed by atoms with Gasteiger partial charge in [0.15, 0.2) is 0 Å². The zero-order chi connectivity index (χ0) is 46.6. The lowest BCUT2D eigenvalue weighted by atomic mass is 9.98. The van der Waals surface area contributed by atoms with E-state index in [0.717, 1.165) is 55.9 Å². The van der Waals surface area contributed by atoms with Crippen LogP contribution < -0.4 is 4.74 Å². The fraction of sp³-hybridized carbons (Fsp3) is 0.176. The first kappa shape index (κ1) is 45.6. The van der Waals surface area contributed by atoms with Crippen molar-refractivity contribution in [3.8, 4) is 5.75 Å². The lowest BCUT2D eigenvalue weighted by Crippen LogP contribution is -2.19. The van der Waals surface area contributed by atoms with Gasteiger partial charge >= 0.3 is 24.0 Å². The Morgan fingerprint density at radius 3 is 1.62 bits per heavy atom. The molecule has 0 saturated heterocycles. The zero-order valence-electron chi connectivity index (χ0n) is 35.3. The molecule has 0 radical (unpaired) electrons. The molecule has 330 valence electrons. The van der Waals surface area contributed by atoms with Crippen molar-refractivity contribution in [2.75, 3.05) is 0 Å². The number of rotatable bonds is 10. The third kappa shape index (κ3) is 10.9. The first-order chi connectivity index (χ1) is 30.9. The van der Waals surface area contributed by atoms with E-state index in [4.69, 9.17) is 11.6 Å². The van der Waals surface area contributed by atoms with E-state index in [9.17, 15) is 42.9 Å². The van der Waals surface area contributed by atoms with Crippen molar-refractivity contribution >= 4 is 53.3 Å². The predicted octanol–water partition coefficient (Wildman–Crippen LogP) is 11.2. The van der Waals surface area contributed by atoms with E-state index in [1.807, 2.05) is 36.4 Å². The van der Waals surface area contributed by atoms with E-state index < -0.39 is 24.0 Å². The molecular formula is C51H41ClF3N3O7. The van der Waals surface area contributed by atoms with E-state index >= 15 is 0 Å². The highest BCUT2D eigenvalue weighted by Crippen LogP contribution is 2.35. The number of pyridine rings is 3. The van der Waals surface area contributed by atoms with Crippen molar-refractivity contribution in [2.24, 2.45) is 0 Å². The molecule has 0 unspecified atom stereocenters. The number of carboxylic acids is 3. The molecule has 0 bridgehead atoms. The van der Waals surface area contributed by atoms with Gasteiger partial charge in [0, 0.05) is 31.9 Å². The molecule has 3 N–H and O–H groups in total. The van der Waals surface area contributed by atoms with Crippen LogP contribution in [0.15, 0.2) is 109 Å². The number of alkyl halides is 2. The lowest BCUT2D eigenvalue weighted by molar-refractivity contribution is -0.158. The number of carboxylic acid groups (broad SMARTS) is 3. The number of hydrogen-bond donors (Lipinski definition) is 3. The van der Waals surface area contributed by atoms with Crippen LogP contribution in [0.25, 0.3) is 23.8 Å². The topological polar surface area (TPSA) is 160 Å². The second-order valence-corrected chi connectivity index (χ2v) is 16.2. The Labute approximate surface area is 377 Å². The molecule has 3 aromatic heterocycles. The maximum atomic E-state index is 13.3. The van der Waals surface area contributed by atoms with Crippen molar-refractivity contribution in [3.63, 3.8) is 0 Å². The predicted molar refractivity (Wildman–Crippen MR) is 241 cm³/mol. The van der Waals surface area contributed by atoms with E-state index in [1.54, 1.807) is 31.3 Å². The molecular weight excluding hydrogens is 859 g/mol. The molecule has 3 aliphatic rings. The molecule has 0 fully saturated rings. The largest absolute Gasteiger partial charge is 0.478 e. The highest BCUT2D eigenvalue weighted by atomic mass is 35.5. The zero-order valence-corrected chi connectivity index (χ0v) is 36.1. The van der Waals surface area contributed by atoms with E-state index in [0.29, 0.717) is 67.0 Å². The molecule has 3 aromatic carbocycles. The molecule has 10 nitrogen and oxygen atoms in total. The van der Waals surface area contributed by atoms with Gasteiger partial charge in [-0.3, -0.25) is 15.0 Å². The molecule has 6 aromatic rings. The van der Waals surface area contributed by atoms with Gasteiger partial charge in [0.1, 0.15) is 11.6 Å². The Kier molecular flexibility index (Phi) is 13.5. The fourth-order valence-electron chi connectivity index (χ4n) is 8.01. The summed E-state index contributed by atoms with van der Waals surface area (Å²) in [6.45, 7) is 4.44. The average Bonchev–Trinajstić information content (AvgIpc) is 3.99. The Bertz CT molecular complexity index is 2980. The van der Waals surface area contributed by atoms with Crippen LogP contribution in [-0.4, -0.2) is 54.3 Å². The molecule has 65 heavy (non-hydrogen) atoms. The highest BCUT2D eigenvalue weighted by molar-refractivity contribution is 6.32. The first-order valence-corrected chi connectivity index (χ1v) is 20.7. The Morgan fingerprint density at radius 1 is 0.646 bits per heavy atom. The highest BCUT2D eigenvalue weighted by Gasteiger charge is 2.26. The van der Waals surface area contributed by atoms with E-state index in [-0.39, 0.29) is 22.2 Å². The maximum absolute atomic E-state index is 13.3. The number of aromatic nitrogens is 3. The first-order valence-electron chi connectivity index (χ1n) is 20.3. The summed E-state index contributed by atoms with van der Waals surface area (Å²) in [5.74, 6) is -3.12. The van der Waals surface area contributed by atoms with Crippen LogP contribution in [0.1, 0.15) is 99.6 Å². The Balaban J connectivity index is 0.000000147. The van der Waals surface area contributed by atoms with Crippen molar-refractivity contribution in [2.45, 2.75) is 59.0 Å². The summed E-state index contributed by atoms with van der Waals surface area (Å²) in [5.41, 5.74) is 13.1. The van der Waals surface area contributed by atoms with Crippen LogP contribution in [0.3, 0.4) is 0 Å². The number of benzene rings is 3. The molecule has 14 heteroatoms. The smallest absolute Gasteiger partial charge is 0.394 e. The number of halogens is 4. The molecule has 0 amide bonds. The molecule has 3 heterocycles. The number of hydrogen-bond acceptors (Lipinski definition) is 7. The monoisotopic (exact) mass is 899 g/mol. The minimum atomic E-state index is -3.33. The third-order valence-corrected chi connectivity index (χ3v) is 11.3. The summed E-state index contributed by atoms with van der Waals surface area (Å²) < 4.78 is 44.0. The van der Waals surface area contributed by atoms with Gasteiger partial charge in [0.25, 0.3) is 0 Å². The number of fused-ring (bicyclic) bond motifs is 3. The second kappa shape index (κ2) is 19.2. The van der Waals surface area contributed by atoms with Crippen LogP contribution in [-0.2, 0) is 32.1 Å². The lowest BCUT2D eigenvalue weighted by Gasteiger charge is -2.15. The SMILES string of the molecule is CC(F)(F)Oc1cc(CC2=Cc3nccc(C(=O)O)c3C2)ccc1Cl.Cc1cc(CC2=Cc3nccc(C(=O)O)c3C2)ccc1F.Cc1ccccc1C1=Cc2nccc(C(=O)O)c2C1. The van der Waals surface area contributed by atoms with Crippen molar-refractivity contribution < 1.29 is 47.6 Å². The second-order valence-electron chi connectivity index (χ2n) is 15.8. The number of nitrogens with zero attached hydrogens (tertiary/aromatic N) is 3. The van der Waals surface area contributed by atoms with E-state index in [2.05, 4.69) is 38.7 Å². The Hall–Kier alpha value is -7.38. The van der Waals surface area contributed by atoms with Crippen LogP contribution in [0.2, 0.25) is 5.02 Å². The van der Waals surface area contributed by atoms with Gasteiger partial charge < -0.3 is 20.1 Å². The quantitative estimate of drug-likeness (QED) is 0.121. The molecule has 0 saturated carbocycles.